The maximum Gasteiger partial charge on any atom is 0.125 e. The van der Waals surface area contributed by atoms with Crippen LogP contribution >= 0.6 is 15.9 Å². The molecule has 0 radical (unpaired) electrons. The van der Waals surface area contributed by atoms with E-state index in [0.29, 0.717) is 23.2 Å². The monoisotopic (exact) mass is 286 g/mol. The van der Waals surface area contributed by atoms with E-state index in [9.17, 15) is 10.2 Å². The second kappa shape index (κ2) is 6.68. The molecule has 0 bridgehead atoms. The van der Waals surface area contributed by atoms with E-state index in [0.717, 1.165) is 0 Å². The zero-order chi connectivity index (χ0) is 12.0. The highest BCUT2D eigenvalue weighted by Crippen LogP contribution is 2.27. The Kier molecular flexibility index (Phi) is 5.52. The number of benzene rings is 1. The van der Waals surface area contributed by atoms with Gasteiger partial charge in [0, 0.05) is 10.9 Å². The molecular formula is C12H15BrO3. The normalized spacial score (nSPS) is 14.2. The molecule has 0 saturated heterocycles. The van der Waals surface area contributed by atoms with Gasteiger partial charge in [0.25, 0.3) is 0 Å². The number of ether oxygens (including phenoxy) is 1. The zero-order valence-corrected chi connectivity index (χ0v) is 10.4. The molecule has 1 rings (SSSR count). The van der Waals surface area contributed by atoms with Crippen molar-refractivity contribution in [2.45, 2.75) is 12.2 Å². The van der Waals surface area contributed by atoms with E-state index in [-0.39, 0.29) is 0 Å². The topological polar surface area (TPSA) is 49.7 Å². The summed E-state index contributed by atoms with van der Waals surface area (Å²) in [7, 11) is 0. The fourth-order valence-corrected chi connectivity index (χ4v) is 1.65. The fraction of sp³-hybridized carbons (Fsp3) is 0.333. The second-order valence-electron chi connectivity index (χ2n) is 3.30. The van der Waals surface area contributed by atoms with E-state index in [1.54, 1.807) is 24.3 Å². The standard InChI is InChI=1S/C12H15BrO3/c1-2-7-16-11-6-4-3-5-9(11)12(15)10(14)8-13/h2-6,10,12,14-15H,1,7-8H2. The molecule has 1 aromatic rings. The van der Waals surface area contributed by atoms with Crippen molar-refractivity contribution in [3.8, 4) is 5.75 Å². The lowest BCUT2D eigenvalue weighted by Gasteiger charge is -2.18. The summed E-state index contributed by atoms with van der Waals surface area (Å²) >= 11 is 3.12. The Bertz CT molecular complexity index is 341. The van der Waals surface area contributed by atoms with Crippen molar-refractivity contribution in [2.75, 3.05) is 11.9 Å². The summed E-state index contributed by atoms with van der Waals surface area (Å²) < 4.78 is 5.40. The number of rotatable bonds is 6. The van der Waals surface area contributed by atoms with Gasteiger partial charge in [-0.3, -0.25) is 0 Å². The van der Waals surface area contributed by atoms with Gasteiger partial charge < -0.3 is 14.9 Å². The molecule has 0 fully saturated rings. The predicted molar refractivity (Wildman–Crippen MR) is 66.9 cm³/mol. The Balaban J connectivity index is 2.88. The minimum absolute atomic E-state index is 0.309. The molecule has 0 saturated carbocycles. The maximum absolute atomic E-state index is 9.88. The quantitative estimate of drug-likeness (QED) is 0.622. The number of hydrogen-bond donors (Lipinski definition) is 2. The number of hydrogen-bond acceptors (Lipinski definition) is 3. The van der Waals surface area contributed by atoms with E-state index in [1.165, 1.54) is 0 Å². The van der Waals surface area contributed by atoms with Crippen LogP contribution in [0.2, 0.25) is 0 Å². The molecule has 0 aliphatic rings. The highest BCUT2D eigenvalue weighted by atomic mass is 79.9. The highest BCUT2D eigenvalue weighted by Gasteiger charge is 2.20. The third kappa shape index (κ3) is 3.33. The summed E-state index contributed by atoms with van der Waals surface area (Å²) in [6.07, 6.45) is -0.182. The molecule has 2 N–H and O–H groups in total. The van der Waals surface area contributed by atoms with Crippen LogP contribution in [0.15, 0.2) is 36.9 Å². The van der Waals surface area contributed by atoms with Gasteiger partial charge in [0.1, 0.15) is 18.5 Å². The summed E-state index contributed by atoms with van der Waals surface area (Å²) in [5.41, 5.74) is 0.580. The van der Waals surface area contributed by atoms with Crippen molar-refractivity contribution in [3.05, 3.63) is 42.5 Å². The minimum Gasteiger partial charge on any atom is -0.489 e. The molecule has 3 nitrogen and oxygen atoms in total. The van der Waals surface area contributed by atoms with E-state index in [1.807, 2.05) is 6.07 Å². The van der Waals surface area contributed by atoms with Crippen LogP contribution in [0.5, 0.6) is 5.75 Å². The van der Waals surface area contributed by atoms with Crippen LogP contribution in [0.1, 0.15) is 11.7 Å². The summed E-state index contributed by atoms with van der Waals surface area (Å²) in [6, 6.07) is 7.09. The molecule has 1 aromatic carbocycles. The van der Waals surface area contributed by atoms with Gasteiger partial charge in [0.15, 0.2) is 0 Å². The van der Waals surface area contributed by atoms with E-state index < -0.39 is 12.2 Å². The fourth-order valence-electron chi connectivity index (χ4n) is 1.30. The Morgan fingerprint density at radius 2 is 2.06 bits per heavy atom. The van der Waals surface area contributed by atoms with Gasteiger partial charge in [-0.15, -0.1) is 0 Å². The Hall–Kier alpha value is -0.840. The summed E-state index contributed by atoms with van der Waals surface area (Å²) in [5, 5.41) is 19.8. The van der Waals surface area contributed by atoms with Crippen LogP contribution in [0.25, 0.3) is 0 Å². The van der Waals surface area contributed by atoms with E-state index in [4.69, 9.17) is 4.74 Å². The minimum atomic E-state index is -0.958. The van der Waals surface area contributed by atoms with Gasteiger partial charge >= 0.3 is 0 Å². The number of alkyl halides is 1. The van der Waals surface area contributed by atoms with Crippen LogP contribution in [0, 0.1) is 0 Å². The number of aliphatic hydroxyl groups excluding tert-OH is 2. The van der Waals surface area contributed by atoms with Gasteiger partial charge in [0.2, 0.25) is 0 Å². The molecule has 2 unspecified atom stereocenters. The molecule has 88 valence electrons. The molecule has 0 amide bonds. The predicted octanol–water partition coefficient (Wildman–Crippen LogP) is 2.04. The first kappa shape index (κ1) is 13.2. The van der Waals surface area contributed by atoms with Crippen LogP contribution in [-0.4, -0.2) is 28.3 Å². The third-order valence-electron chi connectivity index (χ3n) is 2.12. The van der Waals surface area contributed by atoms with Crippen LogP contribution in [0.3, 0.4) is 0 Å². The van der Waals surface area contributed by atoms with Crippen molar-refractivity contribution in [3.63, 3.8) is 0 Å². The largest absolute Gasteiger partial charge is 0.489 e. The average Bonchev–Trinajstić information content (AvgIpc) is 2.34. The van der Waals surface area contributed by atoms with Gasteiger partial charge in [0.05, 0.1) is 6.10 Å². The second-order valence-corrected chi connectivity index (χ2v) is 3.95. The molecule has 0 spiro atoms. The molecular weight excluding hydrogens is 272 g/mol. The summed E-state index contributed by atoms with van der Waals surface area (Å²) in [4.78, 5) is 0. The Morgan fingerprint density at radius 3 is 2.69 bits per heavy atom. The first-order valence-electron chi connectivity index (χ1n) is 4.95. The zero-order valence-electron chi connectivity index (χ0n) is 8.84. The van der Waals surface area contributed by atoms with Gasteiger partial charge in [-0.25, -0.2) is 0 Å². The third-order valence-corrected chi connectivity index (χ3v) is 2.78. The van der Waals surface area contributed by atoms with Crippen molar-refractivity contribution in [1.29, 1.82) is 0 Å². The molecule has 2 atom stereocenters. The lowest BCUT2D eigenvalue weighted by atomic mass is 10.0. The molecule has 0 heterocycles. The van der Waals surface area contributed by atoms with Gasteiger partial charge in [-0.2, -0.15) is 0 Å². The number of halogens is 1. The molecule has 16 heavy (non-hydrogen) atoms. The first-order chi connectivity index (χ1) is 7.70. The van der Waals surface area contributed by atoms with Crippen LogP contribution in [0.4, 0.5) is 0 Å². The summed E-state index contributed by atoms with van der Waals surface area (Å²) in [5.74, 6) is 0.565. The Morgan fingerprint density at radius 1 is 1.38 bits per heavy atom. The smallest absolute Gasteiger partial charge is 0.125 e. The van der Waals surface area contributed by atoms with Crippen molar-refractivity contribution in [1.82, 2.24) is 0 Å². The van der Waals surface area contributed by atoms with Gasteiger partial charge in [-0.05, 0) is 6.07 Å². The van der Waals surface area contributed by atoms with Crippen LogP contribution in [-0.2, 0) is 0 Å². The van der Waals surface area contributed by atoms with Crippen molar-refractivity contribution >= 4 is 15.9 Å². The van der Waals surface area contributed by atoms with Crippen molar-refractivity contribution in [2.24, 2.45) is 0 Å². The number of para-hydroxylation sites is 1. The first-order valence-corrected chi connectivity index (χ1v) is 6.07. The molecule has 0 aromatic heterocycles. The maximum atomic E-state index is 9.88. The lowest BCUT2D eigenvalue weighted by Crippen LogP contribution is -2.20. The Labute approximate surface area is 104 Å². The van der Waals surface area contributed by atoms with Crippen LogP contribution < -0.4 is 4.74 Å². The SMILES string of the molecule is C=CCOc1ccccc1C(O)C(O)CBr. The van der Waals surface area contributed by atoms with E-state index in [2.05, 4.69) is 22.5 Å². The molecule has 0 aliphatic carbocycles. The highest BCUT2D eigenvalue weighted by molar-refractivity contribution is 9.09. The number of aliphatic hydroxyl groups is 2. The molecule has 4 heteroatoms. The average molecular weight is 287 g/mol. The van der Waals surface area contributed by atoms with Crippen molar-refractivity contribution < 1.29 is 14.9 Å². The molecule has 0 aliphatic heterocycles. The van der Waals surface area contributed by atoms with E-state index >= 15 is 0 Å². The lowest BCUT2D eigenvalue weighted by molar-refractivity contribution is 0.0325. The van der Waals surface area contributed by atoms with Gasteiger partial charge in [-0.1, -0.05) is 46.8 Å². The summed E-state index contributed by atoms with van der Waals surface area (Å²) in [6.45, 7) is 3.93.